The highest BCUT2D eigenvalue weighted by Crippen LogP contribution is 2.37. The van der Waals surface area contributed by atoms with Gasteiger partial charge >= 0.3 is 6.18 Å². The number of fused-ring (bicyclic) bond motifs is 1. The Balaban J connectivity index is 1.87. The Morgan fingerprint density at radius 3 is 2.50 bits per heavy atom. The predicted octanol–water partition coefficient (Wildman–Crippen LogP) is 4.87. The molecular formula is C19H16Cl2F3N5O. The minimum Gasteiger partial charge on any atom is -0.363 e. The number of hydrogen-bond donors (Lipinski definition) is 1. The maximum Gasteiger partial charge on any atom is 0.417 e. The van der Waals surface area contributed by atoms with Crippen LogP contribution in [0.1, 0.15) is 16.8 Å². The third kappa shape index (κ3) is 4.91. The number of allylic oxidation sites excluding steroid dienone is 1. The van der Waals surface area contributed by atoms with Gasteiger partial charge in [0.05, 0.1) is 29.7 Å². The lowest BCUT2D eigenvalue weighted by molar-refractivity contribution is -0.136. The summed E-state index contributed by atoms with van der Waals surface area (Å²) in [5.74, 6) is -0.376. The number of nitrogens with zero attached hydrogens (tertiary/aromatic N) is 4. The van der Waals surface area contributed by atoms with Crippen LogP contribution in [0.15, 0.2) is 30.9 Å². The van der Waals surface area contributed by atoms with Crippen LogP contribution < -0.4 is 5.32 Å². The first-order chi connectivity index (χ1) is 14.1. The maximum absolute atomic E-state index is 13.6. The Morgan fingerprint density at radius 1 is 1.23 bits per heavy atom. The second-order valence-electron chi connectivity index (χ2n) is 6.50. The van der Waals surface area contributed by atoms with E-state index < -0.39 is 11.7 Å². The van der Waals surface area contributed by atoms with Gasteiger partial charge in [-0.1, -0.05) is 29.3 Å². The quantitative estimate of drug-likeness (QED) is 0.404. The van der Waals surface area contributed by atoms with Gasteiger partial charge in [-0.25, -0.2) is 14.6 Å². The lowest BCUT2D eigenvalue weighted by Crippen LogP contribution is -2.18. The van der Waals surface area contributed by atoms with Crippen molar-refractivity contribution in [1.82, 2.24) is 19.7 Å². The van der Waals surface area contributed by atoms with Gasteiger partial charge in [0.2, 0.25) is 0 Å². The van der Waals surface area contributed by atoms with Gasteiger partial charge in [0.25, 0.3) is 0 Å². The minimum atomic E-state index is -4.61. The Morgan fingerprint density at radius 2 is 1.90 bits per heavy atom. The first kappa shape index (κ1) is 22.0. The molecule has 158 valence electrons. The molecule has 0 bridgehead atoms. The summed E-state index contributed by atoms with van der Waals surface area (Å²) in [6.07, 6.45) is -3.12. The minimum absolute atomic E-state index is 0.0170. The zero-order valence-corrected chi connectivity index (χ0v) is 17.2. The van der Waals surface area contributed by atoms with Crippen molar-refractivity contribution >= 4 is 45.8 Å². The van der Waals surface area contributed by atoms with Crippen LogP contribution in [0.3, 0.4) is 0 Å². The molecule has 0 aliphatic carbocycles. The van der Waals surface area contributed by atoms with Crippen LogP contribution in [-0.4, -0.2) is 32.1 Å². The SMILES string of the molecule is C=CCn1nc(C)c2c(C(F)(F)F)cc(NCC(=O)Cc3cc(Cl)nc(Cl)c3)nc21. The Labute approximate surface area is 179 Å². The van der Waals surface area contributed by atoms with Gasteiger partial charge in [-0.05, 0) is 30.7 Å². The highest BCUT2D eigenvalue weighted by atomic mass is 35.5. The van der Waals surface area contributed by atoms with E-state index in [2.05, 4.69) is 27.0 Å². The molecule has 0 saturated heterocycles. The first-order valence-corrected chi connectivity index (χ1v) is 9.48. The molecule has 0 saturated carbocycles. The molecule has 0 atom stereocenters. The van der Waals surface area contributed by atoms with Crippen molar-refractivity contribution in [2.75, 3.05) is 11.9 Å². The summed E-state index contributed by atoms with van der Waals surface area (Å²) < 4.78 is 42.2. The van der Waals surface area contributed by atoms with E-state index in [1.807, 2.05) is 0 Å². The maximum atomic E-state index is 13.6. The van der Waals surface area contributed by atoms with Crippen molar-refractivity contribution in [3.8, 4) is 0 Å². The largest absolute Gasteiger partial charge is 0.417 e. The summed E-state index contributed by atoms with van der Waals surface area (Å²) >= 11 is 11.6. The number of pyridine rings is 2. The van der Waals surface area contributed by atoms with Crippen LogP contribution in [0, 0.1) is 6.92 Å². The zero-order valence-electron chi connectivity index (χ0n) is 15.7. The molecule has 0 spiro atoms. The molecule has 3 aromatic heterocycles. The number of aromatic nitrogens is 4. The van der Waals surface area contributed by atoms with Crippen molar-refractivity contribution in [3.05, 3.63) is 58.0 Å². The number of carbonyl (C=O) groups is 1. The molecule has 0 unspecified atom stereocenters. The number of Topliss-reactive ketones (excluding diaryl/α,β-unsaturated/α-hetero) is 1. The van der Waals surface area contributed by atoms with Crippen molar-refractivity contribution in [2.45, 2.75) is 26.1 Å². The van der Waals surface area contributed by atoms with E-state index in [0.29, 0.717) is 5.56 Å². The number of carbonyl (C=O) groups excluding carboxylic acids is 1. The molecule has 1 N–H and O–H groups in total. The van der Waals surface area contributed by atoms with Crippen molar-refractivity contribution in [3.63, 3.8) is 0 Å². The van der Waals surface area contributed by atoms with E-state index in [0.717, 1.165) is 6.07 Å². The summed E-state index contributed by atoms with van der Waals surface area (Å²) in [4.78, 5) is 20.3. The van der Waals surface area contributed by atoms with Gasteiger partial charge in [0.1, 0.15) is 16.1 Å². The molecule has 30 heavy (non-hydrogen) atoms. The third-order valence-corrected chi connectivity index (χ3v) is 4.56. The monoisotopic (exact) mass is 457 g/mol. The van der Waals surface area contributed by atoms with E-state index in [9.17, 15) is 18.0 Å². The Kier molecular flexibility index (Phi) is 6.33. The highest BCUT2D eigenvalue weighted by Gasteiger charge is 2.35. The second-order valence-corrected chi connectivity index (χ2v) is 7.27. The molecule has 6 nitrogen and oxygen atoms in total. The van der Waals surface area contributed by atoms with Gasteiger partial charge < -0.3 is 5.32 Å². The third-order valence-electron chi connectivity index (χ3n) is 4.18. The molecular weight excluding hydrogens is 442 g/mol. The van der Waals surface area contributed by atoms with Crippen LogP contribution in [-0.2, 0) is 23.9 Å². The van der Waals surface area contributed by atoms with Gasteiger partial charge in [0.15, 0.2) is 11.4 Å². The molecule has 0 fully saturated rings. The molecule has 3 rings (SSSR count). The standard InChI is InChI=1S/C19H16Cl2F3N5O/c1-3-4-29-18-17(10(2)28-29)13(19(22,23)24)8-16(27-18)25-9-12(30)5-11-6-14(20)26-15(21)7-11/h3,6-8H,1,4-5,9H2,2H3,(H,25,27). The van der Waals surface area contributed by atoms with Crippen molar-refractivity contribution < 1.29 is 18.0 Å². The highest BCUT2D eigenvalue weighted by molar-refractivity contribution is 6.32. The topological polar surface area (TPSA) is 72.7 Å². The van der Waals surface area contributed by atoms with E-state index in [-0.39, 0.29) is 58.1 Å². The van der Waals surface area contributed by atoms with Crippen LogP contribution >= 0.6 is 23.2 Å². The second kappa shape index (κ2) is 8.61. The normalized spacial score (nSPS) is 11.7. The number of ketones is 1. The van der Waals surface area contributed by atoms with Crippen LogP contribution in [0.5, 0.6) is 0 Å². The first-order valence-electron chi connectivity index (χ1n) is 8.72. The molecule has 0 amide bonds. The zero-order chi connectivity index (χ0) is 22.1. The average Bonchev–Trinajstić information content (AvgIpc) is 2.94. The van der Waals surface area contributed by atoms with E-state index >= 15 is 0 Å². The Bertz CT molecular complexity index is 1110. The average molecular weight is 458 g/mol. The number of alkyl halides is 3. The fourth-order valence-corrected chi connectivity index (χ4v) is 3.52. The van der Waals surface area contributed by atoms with Gasteiger partial charge in [-0.2, -0.15) is 18.3 Å². The molecule has 0 aromatic carbocycles. The number of halogens is 5. The van der Waals surface area contributed by atoms with E-state index in [1.54, 1.807) is 0 Å². The summed E-state index contributed by atoms with van der Waals surface area (Å²) in [5, 5.41) is 7.00. The van der Waals surface area contributed by atoms with Crippen LogP contribution in [0.2, 0.25) is 10.3 Å². The van der Waals surface area contributed by atoms with Gasteiger partial charge in [-0.15, -0.1) is 6.58 Å². The van der Waals surface area contributed by atoms with Crippen LogP contribution in [0.25, 0.3) is 11.0 Å². The molecule has 0 aliphatic rings. The number of anilines is 1. The summed E-state index contributed by atoms with van der Waals surface area (Å²) in [7, 11) is 0. The molecule has 3 aromatic rings. The predicted molar refractivity (Wildman–Crippen MR) is 109 cm³/mol. The molecule has 11 heteroatoms. The van der Waals surface area contributed by atoms with E-state index in [1.165, 1.54) is 29.8 Å². The van der Waals surface area contributed by atoms with Gasteiger partial charge in [-0.3, -0.25) is 4.79 Å². The molecule has 0 aliphatic heterocycles. The van der Waals surface area contributed by atoms with Crippen molar-refractivity contribution in [2.24, 2.45) is 0 Å². The summed E-state index contributed by atoms with van der Waals surface area (Å²) in [5.41, 5.74) is -0.0561. The number of rotatable bonds is 7. The number of hydrogen-bond acceptors (Lipinski definition) is 5. The number of nitrogens with one attached hydrogen (secondary N) is 1. The summed E-state index contributed by atoms with van der Waals surface area (Å²) in [6.45, 7) is 5.03. The summed E-state index contributed by atoms with van der Waals surface area (Å²) in [6, 6.07) is 3.87. The van der Waals surface area contributed by atoms with Crippen LogP contribution in [0.4, 0.5) is 19.0 Å². The van der Waals surface area contributed by atoms with Crippen molar-refractivity contribution in [1.29, 1.82) is 0 Å². The lowest BCUT2D eigenvalue weighted by Gasteiger charge is -2.12. The fraction of sp³-hybridized carbons (Fsp3) is 0.263. The molecule has 3 heterocycles. The van der Waals surface area contributed by atoms with Gasteiger partial charge in [0, 0.05) is 6.42 Å². The molecule has 0 radical (unpaired) electrons. The lowest BCUT2D eigenvalue weighted by atomic mass is 10.1. The van der Waals surface area contributed by atoms with E-state index in [4.69, 9.17) is 23.2 Å². The smallest absolute Gasteiger partial charge is 0.363 e. The Hall–Kier alpha value is -2.65. The fourth-order valence-electron chi connectivity index (χ4n) is 3.01. The number of aryl methyl sites for hydroxylation is 1.